The topological polar surface area (TPSA) is 63.2 Å². The van der Waals surface area contributed by atoms with E-state index in [2.05, 4.69) is 5.32 Å². The van der Waals surface area contributed by atoms with Gasteiger partial charge in [-0.2, -0.15) is 13.2 Å². The molecule has 2 rings (SSSR count). The van der Waals surface area contributed by atoms with Crippen LogP contribution < -0.4 is 5.32 Å². The molecule has 0 bridgehead atoms. The predicted molar refractivity (Wildman–Crippen MR) is 79.6 cm³/mol. The predicted octanol–water partition coefficient (Wildman–Crippen LogP) is 2.36. The van der Waals surface area contributed by atoms with E-state index in [4.69, 9.17) is 0 Å². The summed E-state index contributed by atoms with van der Waals surface area (Å²) in [4.78, 5) is 11.9. The smallest absolute Gasteiger partial charge is 0.352 e. The lowest BCUT2D eigenvalue weighted by molar-refractivity contribution is -0.138. The zero-order valence-electron chi connectivity index (χ0n) is 12.7. The van der Waals surface area contributed by atoms with Crippen molar-refractivity contribution in [3.8, 4) is 0 Å². The van der Waals surface area contributed by atoms with Gasteiger partial charge in [0.15, 0.2) is 0 Å². The fourth-order valence-corrected chi connectivity index (χ4v) is 3.69. The summed E-state index contributed by atoms with van der Waals surface area (Å²) in [6.45, 7) is 1.48. The van der Waals surface area contributed by atoms with Crippen LogP contribution in [0.5, 0.6) is 0 Å². The van der Waals surface area contributed by atoms with Crippen molar-refractivity contribution in [3.63, 3.8) is 0 Å². The summed E-state index contributed by atoms with van der Waals surface area (Å²) in [5.74, 6) is -1.85. The third kappa shape index (κ3) is 4.70. The molecule has 1 aliphatic rings. The summed E-state index contributed by atoms with van der Waals surface area (Å²) in [5.41, 5.74) is -0.521. The molecule has 3 atom stereocenters. The van der Waals surface area contributed by atoms with E-state index in [1.807, 2.05) is 0 Å². The molecule has 0 saturated heterocycles. The third-order valence-corrected chi connectivity index (χ3v) is 4.89. The van der Waals surface area contributed by atoms with E-state index in [0.29, 0.717) is 6.42 Å². The molecule has 0 aliphatic heterocycles. The van der Waals surface area contributed by atoms with Crippen molar-refractivity contribution in [2.45, 2.75) is 31.5 Å². The van der Waals surface area contributed by atoms with Crippen LogP contribution in [-0.4, -0.2) is 32.4 Å². The summed E-state index contributed by atoms with van der Waals surface area (Å²) in [6, 6.07) is 4.93. The monoisotopic (exact) mass is 349 g/mol. The van der Waals surface area contributed by atoms with E-state index in [9.17, 15) is 26.4 Å². The molecule has 1 amide bonds. The van der Waals surface area contributed by atoms with Crippen molar-refractivity contribution in [3.05, 3.63) is 35.4 Å². The third-order valence-electron chi connectivity index (χ3n) is 3.78. The second-order valence-corrected chi connectivity index (χ2v) is 8.22. The van der Waals surface area contributed by atoms with Crippen molar-refractivity contribution in [1.29, 1.82) is 0 Å². The maximum Gasteiger partial charge on any atom is 0.416 e. The molecule has 1 fully saturated rings. The van der Waals surface area contributed by atoms with E-state index in [1.54, 1.807) is 0 Å². The zero-order chi connectivity index (χ0) is 17.4. The van der Waals surface area contributed by atoms with Crippen molar-refractivity contribution in [2.75, 3.05) is 12.0 Å². The minimum Gasteiger partial charge on any atom is -0.352 e. The number of carbonyl (C=O) groups excluding carboxylic acids is 1. The molecule has 0 aromatic heterocycles. The van der Waals surface area contributed by atoms with Crippen LogP contribution in [0.25, 0.3) is 0 Å². The van der Waals surface area contributed by atoms with Crippen molar-refractivity contribution >= 4 is 15.7 Å². The molecule has 8 heteroatoms. The van der Waals surface area contributed by atoms with E-state index in [-0.39, 0.29) is 23.3 Å². The van der Waals surface area contributed by atoms with Crippen LogP contribution in [-0.2, 0) is 20.8 Å². The lowest BCUT2D eigenvalue weighted by atomic mass is 10.0. The second-order valence-electron chi connectivity index (χ2n) is 6.04. The molecule has 1 aromatic rings. The fourth-order valence-electron chi connectivity index (χ4n) is 2.63. The molecule has 1 N–H and O–H groups in total. The number of benzene rings is 1. The Morgan fingerprint density at radius 3 is 2.52 bits per heavy atom. The summed E-state index contributed by atoms with van der Waals surface area (Å²) in [7, 11) is -3.29. The fraction of sp³-hybridized carbons (Fsp3) is 0.533. The highest BCUT2D eigenvalue weighted by Crippen LogP contribution is 2.46. The first-order valence-corrected chi connectivity index (χ1v) is 9.19. The van der Waals surface area contributed by atoms with Crippen LogP contribution in [0.15, 0.2) is 24.3 Å². The Kier molecular flexibility index (Phi) is 4.75. The van der Waals surface area contributed by atoms with Gasteiger partial charge in [-0.15, -0.1) is 0 Å². The summed E-state index contributed by atoms with van der Waals surface area (Å²) >= 11 is 0. The molecule has 128 valence electrons. The van der Waals surface area contributed by atoms with Gasteiger partial charge in [-0.1, -0.05) is 25.1 Å². The Morgan fingerprint density at radius 1 is 1.35 bits per heavy atom. The molecule has 1 aromatic carbocycles. The van der Waals surface area contributed by atoms with E-state index < -0.39 is 33.4 Å². The molecular formula is C15H18F3NO3S. The summed E-state index contributed by atoms with van der Waals surface area (Å²) in [5, 5.41) is 2.63. The average molecular weight is 349 g/mol. The summed E-state index contributed by atoms with van der Waals surface area (Å²) in [6.07, 6.45) is -2.97. The lowest BCUT2D eigenvalue weighted by Crippen LogP contribution is -2.35. The summed E-state index contributed by atoms with van der Waals surface area (Å²) < 4.78 is 61.3. The van der Waals surface area contributed by atoms with Gasteiger partial charge >= 0.3 is 6.18 Å². The number of sulfone groups is 1. The number of hydrogen-bond acceptors (Lipinski definition) is 3. The Hall–Kier alpha value is -1.57. The van der Waals surface area contributed by atoms with Gasteiger partial charge in [0, 0.05) is 24.1 Å². The first-order chi connectivity index (χ1) is 10.5. The number of amides is 1. The van der Waals surface area contributed by atoms with Gasteiger partial charge in [0.25, 0.3) is 0 Å². The van der Waals surface area contributed by atoms with E-state index >= 15 is 0 Å². The maximum atomic E-state index is 13.0. The van der Waals surface area contributed by atoms with Crippen LogP contribution >= 0.6 is 0 Å². The van der Waals surface area contributed by atoms with Crippen LogP contribution in [0.1, 0.15) is 30.4 Å². The molecule has 0 unspecified atom stereocenters. The van der Waals surface area contributed by atoms with E-state index in [1.165, 1.54) is 25.1 Å². The van der Waals surface area contributed by atoms with Crippen molar-refractivity contribution < 1.29 is 26.4 Å². The molecule has 0 radical (unpaired) electrons. The lowest BCUT2D eigenvalue weighted by Gasteiger charge is -2.14. The van der Waals surface area contributed by atoms with Crippen LogP contribution in [0.4, 0.5) is 13.2 Å². The molecule has 23 heavy (non-hydrogen) atoms. The second kappa shape index (κ2) is 6.14. The van der Waals surface area contributed by atoms with Gasteiger partial charge in [-0.3, -0.25) is 4.79 Å². The van der Waals surface area contributed by atoms with E-state index in [0.717, 1.165) is 12.3 Å². The minimum atomic E-state index is -4.43. The largest absolute Gasteiger partial charge is 0.416 e. The Balaban J connectivity index is 2.03. The Labute approximate surface area is 133 Å². The maximum absolute atomic E-state index is 13.0. The van der Waals surface area contributed by atoms with Gasteiger partial charge in [0.2, 0.25) is 5.91 Å². The van der Waals surface area contributed by atoms with Gasteiger partial charge < -0.3 is 5.32 Å². The SMILES string of the molecule is C[C@H](CS(C)(=O)=O)C(=O)N[C@H]1C[C@@H]1c1ccccc1C(F)(F)F. The van der Waals surface area contributed by atoms with Gasteiger partial charge in [-0.25, -0.2) is 8.42 Å². The van der Waals surface area contributed by atoms with Crippen molar-refractivity contribution in [2.24, 2.45) is 5.92 Å². The molecule has 4 nitrogen and oxygen atoms in total. The molecule has 0 spiro atoms. The molecule has 0 heterocycles. The molecule has 1 saturated carbocycles. The number of rotatable bonds is 5. The first kappa shape index (κ1) is 17.8. The highest BCUT2D eigenvalue weighted by Gasteiger charge is 2.45. The zero-order valence-corrected chi connectivity index (χ0v) is 13.5. The van der Waals surface area contributed by atoms with Crippen molar-refractivity contribution in [1.82, 2.24) is 5.32 Å². The van der Waals surface area contributed by atoms with Crippen LogP contribution in [0.2, 0.25) is 0 Å². The number of nitrogens with one attached hydrogen (secondary N) is 1. The van der Waals surface area contributed by atoms with Crippen LogP contribution in [0, 0.1) is 5.92 Å². The first-order valence-electron chi connectivity index (χ1n) is 7.13. The highest BCUT2D eigenvalue weighted by atomic mass is 32.2. The molecular weight excluding hydrogens is 331 g/mol. The van der Waals surface area contributed by atoms with Crippen LogP contribution in [0.3, 0.4) is 0 Å². The molecule has 1 aliphatic carbocycles. The Morgan fingerprint density at radius 2 is 1.96 bits per heavy atom. The normalized spacial score (nSPS) is 22.5. The highest BCUT2D eigenvalue weighted by molar-refractivity contribution is 7.90. The quantitative estimate of drug-likeness (QED) is 0.888. The Bertz CT molecular complexity index is 700. The number of hydrogen-bond donors (Lipinski definition) is 1. The number of carbonyl (C=O) groups is 1. The average Bonchev–Trinajstić information content (AvgIpc) is 3.15. The number of halogens is 3. The van der Waals surface area contributed by atoms with Gasteiger partial charge in [-0.05, 0) is 18.1 Å². The van der Waals surface area contributed by atoms with Gasteiger partial charge in [0.05, 0.1) is 11.3 Å². The number of alkyl halides is 3. The minimum absolute atomic E-state index is 0.168. The standard InChI is InChI=1S/C15H18F3NO3S/c1-9(8-23(2,21)22)14(20)19-13-7-11(13)10-5-3-4-6-12(10)15(16,17)18/h3-6,9,11,13H,7-8H2,1-2H3,(H,19,20)/t9-,11-,13+/m1/s1. The van der Waals surface area contributed by atoms with Gasteiger partial charge in [0.1, 0.15) is 9.84 Å².